The van der Waals surface area contributed by atoms with Gasteiger partial charge in [0, 0.05) is 12.7 Å². The average Bonchev–Trinajstić information content (AvgIpc) is 2.86. The number of ether oxygens (including phenoxy) is 1. The molecule has 8 heteroatoms. The van der Waals surface area contributed by atoms with Gasteiger partial charge in [0.25, 0.3) is 17.7 Å². The molecule has 0 saturated carbocycles. The third kappa shape index (κ3) is 3.55. The van der Waals surface area contributed by atoms with Crippen molar-refractivity contribution in [3.63, 3.8) is 0 Å². The number of nitrogens with zero attached hydrogens (tertiary/aromatic N) is 1. The number of carbonyl (C=O) groups is 4. The SMILES string of the molecule is Cc1ccc(F)cc1NC(=O)COC(=O)c1ccc2c(c1)C(=O)N(C)C2=O. The van der Waals surface area contributed by atoms with Crippen molar-refractivity contribution in [2.45, 2.75) is 6.92 Å². The van der Waals surface area contributed by atoms with Crippen LogP contribution in [0.25, 0.3) is 0 Å². The van der Waals surface area contributed by atoms with Gasteiger partial charge in [0.2, 0.25) is 0 Å². The zero-order chi connectivity index (χ0) is 19.7. The molecule has 0 spiro atoms. The molecule has 0 aliphatic carbocycles. The number of esters is 1. The average molecular weight is 370 g/mol. The Labute approximate surface area is 153 Å². The van der Waals surface area contributed by atoms with Crippen molar-refractivity contribution >= 4 is 29.4 Å². The number of carbonyl (C=O) groups excluding carboxylic acids is 4. The van der Waals surface area contributed by atoms with Crippen molar-refractivity contribution in [2.75, 3.05) is 19.0 Å². The molecule has 0 aromatic heterocycles. The molecule has 2 aromatic carbocycles. The van der Waals surface area contributed by atoms with E-state index in [-0.39, 0.29) is 22.4 Å². The number of nitrogens with one attached hydrogen (secondary N) is 1. The van der Waals surface area contributed by atoms with Gasteiger partial charge in [0.15, 0.2) is 6.61 Å². The van der Waals surface area contributed by atoms with Crippen LogP contribution in [-0.4, -0.2) is 42.2 Å². The molecule has 0 atom stereocenters. The Morgan fingerprint density at radius 3 is 2.52 bits per heavy atom. The number of hydrogen-bond donors (Lipinski definition) is 1. The van der Waals surface area contributed by atoms with E-state index in [9.17, 15) is 23.6 Å². The molecule has 1 N–H and O–H groups in total. The maximum Gasteiger partial charge on any atom is 0.338 e. The number of anilines is 1. The molecule has 0 bridgehead atoms. The van der Waals surface area contributed by atoms with Crippen LogP contribution in [0.5, 0.6) is 0 Å². The van der Waals surface area contributed by atoms with Gasteiger partial charge in [-0.15, -0.1) is 0 Å². The number of rotatable bonds is 4. The van der Waals surface area contributed by atoms with Gasteiger partial charge in [-0.25, -0.2) is 9.18 Å². The number of aryl methyl sites for hydroxylation is 1. The maximum atomic E-state index is 13.2. The van der Waals surface area contributed by atoms with Crippen LogP contribution in [0.4, 0.5) is 10.1 Å². The molecule has 138 valence electrons. The van der Waals surface area contributed by atoms with Gasteiger partial charge in [-0.05, 0) is 42.8 Å². The number of benzene rings is 2. The fraction of sp³-hybridized carbons (Fsp3) is 0.158. The Hall–Kier alpha value is -3.55. The summed E-state index contributed by atoms with van der Waals surface area (Å²) in [6.07, 6.45) is 0. The molecule has 0 saturated heterocycles. The molecule has 27 heavy (non-hydrogen) atoms. The summed E-state index contributed by atoms with van der Waals surface area (Å²) in [6.45, 7) is 1.11. The van der Waals surface area contributed by atoms with Crippen molar-refractivity contribution in [3.05, 3.63) is 64.5 Å². The van der Waals surface area contributed by atoms with Gasteiger partial charge in [-0.3, -0.25) is 19.3 Å². The van der Waals surface area contributed by atoms with E-state index >= 15 is 0 Å². The molecule has 3 rings (SSSR count). The molecule has 1 heterocycles. The summed E-state index contributed by atoms with van der Waals surface area (Å²) >= 11 is 0. The van der Waals surface area contributed by atoms with E-state index in [0.717, 1.165) is 11.0 Å². The van der Waals surface area contributed by atoms with E-state index < -0.39 is 36.1 Å². The first-order valence-corrected chi connectivity index (χ1v) is 7.97. The minimum atomic E-state index is -0.821. The maximum absolute atomic E-state index is 13.2. The highest BCUT2D eigenvalue weighted by atomic mass is 19.1. The van der Waals surface area contributed by atoms with E-state index in [1.54, 1.807) is 6.92 Å². The van der Waals surface area contributed by atoms with Crippen LogP contribution < -0.4 is 5.32 Å². The monoisotopic (exact) mass is 370 g/mol. The van der Waals surface area contributed by atoms with Gasteiger partial charge in [0.1, 0.15) is 5.82 Å². The van der Waals surface area contributed by atoms with Crippen molar-refractivity contribution < 1.29 is 28.3 Å². The molecule has 0 fully saturated rings. The number of amides is 3. The van der Waals surface area contributed by atoms with E-state index in [1.807, 2.05) is 0 Å². The van der Waals surface area contributed by atoms with Crippen molar-refractivity contribution in [3.8, 4) is 0 Å². The predicted molar refractivity (Wildman–Crippen MR) is 92.9 cm³/mol. The van der Waals surface area contributed by atoms with Crippen molar-refractivity contribution in [1.29, 1.82) is 0 Å². The Balaban J connectivity index is 1.65. The van der Waals surface area contributed by atoms with E-state index in [1.165, 1.54) is 37.4 Å². The summed E-state index contributed by atoms with van der Waals surface area (Å²) in [7, 11) is 1.35. The van der Waals surface area contributed by atoms with E-state index in [2.05, 4.69) is 5.32 Å². The lowest BCUT2D eigenvalue weighted by Gasteiger charge is -2.09. The van der Waals surface area contributed by atoms with E-state index in [4.69, 9.17) is 4.74 Å². The minimum absolute atomic E-state index is 0.0416. The standard InChI is InChI=1S/C19H15FN2O5/c1-10-3-5-12(20)8-15(10)21-16(23)9-27-19(26)11-4-6-13-14(7-11)18(25)22(2)17(13)24/h3-8H,9H2,1-2H3,(H,21,23). The summed E-state index contributed by atoms with van der Waals surface area (Å²) in [5, 5.41) is 2.46. The van der Waals surface area contributed by atoms with Crippen LogP contribution in [0, 0.1) is 12.7 Å². The van der Waals surface area contributed by atoms with Crippen molar-refractivity contribution in [1.82, 2.24) is 4.90 Å². The zero-order valence-corrected chi connectivity index (χ0v) is 14.5. The Kier molecular flexibility index (Phi) is 4.72. The van der Waals surface area contributed by atoms with Gasteiger partial charge in [-0.2, -0.15) is 0 Å². The second-order valence-electron chi connectivity index (χ2n) is 6.01. The molecular formula is C19H15FN2O5. The predicted octanol–water partition coefficient (Wildman–Crippen LogP) is 2.16. The van der Waals surface area contributed by atoms with Crippen LogP contribution in [0.3, 0.4) is 0 Å². The van der Waals surface area contributed by atoms with Gasteiger partial charge < -0.3 is 10.1 Å². The summed E-state index contributed by atoms with van der Waals surface area (Å²) in [5.74, 6) is -2.91. The van der Waals surface area contributed by atoms with Gasteiger partial charge in [0.05, 0.1) is 16.7 Å². The number of hydrogen-bond acceptors (Lipinski definition) is 5. The Morgan fingerprint density at radius 1 is 1.07 bits per heavy atom. The highest BCUT2D eigenvalue weighted by molar-refractivity contribution is 6.21. The van der Waals surface area contributed by atoms with Crippen LogP contribution in [0.15, 0.2) is 36.4 Å². The van der Waals surface area contributed by atoms with Crippen molar-refractivity contribution in [2.24, 2.45) is 0 Å². The normalized spacial score (nSPS) is 12.8. The molecular weight excluding hydrogens is 355 g/mol. The molecule has 1 aliphatic heterocycles. The van der Waals surface area contributed by atoms with Gasteiger partial charge >= 0.3 is 5.97 Å². The summed E-state index contributed by atoms with van der Waals surface area (Å²) < 4.78 is 18.2. The summed E-state index contributed by atoms with van der Waals surface area (Å²) in [5.41, 5.74) is 1.29. The highest BCUT2D eigenvalue weighted by Crippen LogP contribution is 2.23. The third-order valence-corrected chi connectivity index (χ3v) is 4.13. The van der Waals surface area contributed by atoms with Crippen LogP contribution in [0.1, 0.15) is 36.6 Å². The molecule has 1 aliphatic rings. The number of halogens is 1. The second-order valence-corrected chi connectivity index (χ2v) is 6.01. The molecule has 0 unspecified atom stereocenters. The topological polar surface area (TPSA) is 92.8 Å². The lowest BCUT2D eigenvalue weighted by atomic mass is 10.1. The summed E-state index contributed by atoms with van der Waals surface area (Å²) in [6, 6.07) is 7.91. The third-order valence-electron chi connectivity index (χ3n) is 4.13. The molecule has 2 aromatic rings. The Bertz CT molecular complexity index is 986. The van der Waals surface area contributed by atoms with Crippen LogP contribution >= 0.6 is 0 Å². The second kappa shape index (κ2) is 6.99. The minimum Gasteiger partial charge on any atom is -0.452 e. The van der Waals surface area contributed by atoms with Crippen LogP contribution in [0.2, 0.25) is 0 Å². The Morgan fingerprint density at radius 2 is 1.78 bits per heavy atom. The smallest absolute Gasteiger partial charge is 0.338 e. The first kappa shape index (κ1) is 18.2. The van der Waals surface area contributed by atoms with Gasteiger partial charge in [-0.1, -0.05) is 6.07 Å². The lowest BCUT2D eigenvalue weighted by Crippen LogP contribution is -2.24. The number of fused-ring (bicyclic) bond motifs is 1. The van der Waals surface area contributed by atoms with E-state index in [0.29, 0.717) is 5.56 Å². The quantitative estimate of drug-likeness (QED) is 0.658. The first-order chi connectivity index (χ1) is 12.8. The fourth-order valence-electron chi connectivity index (χ4n) is 2.62. The summed E-state index contributed by atoms with van der Waals surface area (Å²) in [4.78, 5) is 48.8. The molecule has 3 amide bonds. The molecule has 7 nitrogen and oxygen atoms in total. The number of imide groups is 1. The zero-order valence-electron chi connectivity index (χ0n) is 14.5. The fourth-order valence-corrected chi connectivity index (χ4v) is 2.62. The molecule has 0 radical (unpaired) electrons. The first-order valence-electron chi connectivity index (χ1n) is 7.97. The highest BCUT2D eigenvalue weighted by Gasteiger charge is 2.33. The largest absolute Gasteiger partial charge is 0.452 e. The van der Waals surface area contributed by atoms with Crippen LogP contribution in [-0.2, 0) is 9.53 Å². The lowest BCUT2D eigenvalue weighted by molar-refractivity contribution is -0.119.